The van der Waals surface area contributed by atoms with Crippen LogP contribution >= 0.6 is 0 Å². The Bertz CT molecular complexity index is 641. The Morgan fingerprint density at radius 1 is 1.58 bits per heavy atom. The zero-order valence-corrected chi connectivity index (χ0v) is 10.4. The van der Waals surface area contributed by atoms with Crippen molar-refractivity contribution in [2.24, 2.45) is 0 Å². The number of hydrazine groups is 1. The summed E-state index contributed by atoms with van der Waals surface area (Å²) in [5, 5.41) is 10.0. The molecule has 0 fully saturated rings. The van der Waals surface area contributed by atoms with Crippen molar-refractivity contribution in [3.63, 3.8) is 0 Å². The van der Waals surface area contributed by atoms with Gasteiger partial charge in [0.2, 0.25) is 6.41 Å². The minimum atomic E-state index is -1.04. The summed E-state index contributed by atoms with van der Waals surface area (Å²) in [4.78, 5) is 21.6. The molecule has 0 radical (unpaired) electrons. The van der Waals surface area contributed by atoms with Crippen LogP contribution in [0.15, 0.2) is 30.5 Å². The predicted molar refractivity (Wildman–Crippen MR) is 70.9 cm³/mol. The summed E-state index contributed by atoms with van der Waals surface area (Å²) in [5.41, 5.74) is 4.73. The monoisotopic (exact) mass is 262 g/mol. The number of amides is 1. The van der Waals surface area contributed by atoms with Gasteiger partial charge in [0.05, 0.1) is 5.52 Å². The lowest BCUT2D eigenvalue weighted by Gasteiger charge is -2.11. The first-order valence-corrected chi connectivity index (χ1v) is 5.84. The van der Waals surface area contributed by atoms with Crippen LogP contribution in [0.25, 0.3) is 10.9 Å². The van der Waals surface area contributed by atoms with Gasteiger partial charge in [-0.3, -0.25) is 14.8 Å². The van der Waals surface area contributed by atoms with Gasteiger partial charge in [-0.15, -0.1) is 0 Å². The maximum absolute atomic E-state index is 11.2. The van der Waals surface area contributed by atoms with E-state index in [0.29, 0.717) is 23.8 Å². The van der Waals surface area contributed by atoms with E-state index in [1.165, 1.54) is 4.57 Å². The topological polar surface area (TPSA) is 83.4 Å². The summed E-state index contributed by atoms with van der Waals surface area (Å²) in [6.07, 6.45) is 1.39. The van der Waals surface area contributed by atoms with Gasteiger partial charge in [0.1, 0.15) is 0 Å². The van der Waals surface area contributed by atoms with Crippen molar-refractivity contribution in [3.8, 4) is 0 Å². The number of nitrogens with one attached hydrogen (secondary N) is 2. The van der Waals surface area contributed by atoms with Crippen molar-refractivity contribution in [1.29, 1.82) is 0 Å². The molecule has 3 N–H and O–H groups in total. The van der Waals surface area contributed by atoms with Gasteiger partial charge in [-0.2, -0.15) is 0 Å². The van der Waals surface area contributed by atoms with Gasteiger partial charge in [0.15, 0.2) is 1.41 Å². The molecule has 0 aliphatic rings. The molecule has 100 valence electrons. The molecule has 0 unspecified atom stereocenters. The van der Waals surface area contributed by atoms with Crippen LogP contribution in [-0.4, -0.2) is 28.2 Å². The van der Waals surface area contributed by atoms with E-state index in [0.717, 1.165) is 10.9 Å². The molecule has 6 nitrogen and oxygen atoms in total. The summed E-state index contributed by atoms with van der Waals surface area (Å²) in [6, 6.07) is 7.05. The van der Waals surface area contributed by atoms with Crippen LogP contribution in [0.5, 0.6) is 0 Å². The molecular formula is C13H15N3O3. The van der Waals surface area contributed by atoms with Gasteiger partial charge < -0.3 is 5.11 Å². The SMILES string of the molecule is [2H]N(C=O)N[C@H](C)Cc1cn(C(=O)O)c2ccccc12. The summed E-state index contributed by atoms with van der Waals surface area (Å²) < 4.78 is 8.38. The molecule has 2 rings (SSSR count). The average molecular weight is 262 g/mol. The molecule has 1 atom stereocenters. The van der Waals surface area contributed by atoms with E-state index < -0.39 is 6.09 Å². The molecule has 2 aromatic rings. The Morgan fingerprint density at radius 2 is 2.32 bits per heavy atom. The number of benzene rings is 1. The maximum Gasteiger partial charge on any atom is 0.416 e. The lowest BCUT2D eigenvalue weighted by atomic mass is 10.1. The standard InChI is InChI=1S/C13H15N3O3/c1-9(15-14-8-17)6-10-7-16(13(18)19)12-5-3-2-4-11(10)12/h2-5,7-9,15H,6H2,1H3,(H,14,17)(H,18,19)/t9-/m1/s1/i/hD. The highest BCUT2D eigenvalue weighted by molar-refractivity contribution is 5.91. The maximum atomic E-state index is 11.2. The van der Waals surface area contributed by atoms with E-state index >= 15 is 0 Å². The van der Waals surface area contributed by atoms with Crippen LogP contribution in [0.1, 0.15) is 12.5 Å². The highest BCUT2D eigenvalue weighted by Crippen LogP contribution is 2.22. The minimum Gasteiger partial charge on any atom is -0.464 e. The fraction of sp³-hybridized carbons (Fsp3) is 0.231. The number of para-hydroxylation sites is 1. The number of aromatic nitrogens is 1. The molecule has 0 aliphatic carbocycles. The van der Waals surface area contributed by atoms with E-state index in [-0.39, 0.29) is 6.04 Å². The number of carbonyl (C=O) groups is 2. The van der Waals surface area contributed by atoms with E-state index in [2.05, 4.69) is 5.43 Å². The molecule has 0 bridgehead atoms. The van der Waals surface area contributed by atoms with Crippen molar-refractivity contribution in [1.82, 2.24) is 15.4 Å². The number of nitrogens with zero attached hydrogens (tertiary/aromatic N) is 1. The first kappa shape index (κ1) is 11.7. The number of hydrogen-bond donors (Lipinski definition) is 3. The summed E-state index contributed by atoms with van der Waals surface area (Å²) in [6.45, 7) is 1.82. The smallest absolute Gasteiger partial charge is 0.416 e. The Balaban J connectivity index is 2.30. The molecule has 6 heteroatoms. The number of carbonyl (C=O) groups excluding carboxylic acids is 1. The zero-order chi connectivity index (χ0) is 14.7. The molecule has 1 aromatic carbocycles. The minimum absolute atomic E-state index is 0.175. The van der Waals surface area contributed by atoms with Crippen LogP contribution in [0.4, 0.5) is 4.79 Å². The van der Waals surface area contributed by atoms with Crippen LogP contribution in [0, 0.1) is 0 Å². The largest absolute Gasteiger partial charge is 0.464 e. The van der Waals surface area contributed by atoms with Crippen molar-refractivity contribution >= 4 is 23.4 Å². The van der Waals surface area contributed by atoms with Crippen LogP contribution < -0.4 is 10.8 Å². The fourth-order valence-corrected chi connectivity index (χ4v) is 2.10. The molecule has 0 saturated heterocycles. The number of fused-ring (bicyclic) bond motifs is 1. The zero-order valence-electron chi connectivity index (χ0n) is 11.4. The Morgan fingerprint density at radius 3 is 3.00 bits per heavy atom. The summed E-state index contributed by atoms with van der Waals surface area (Å²) in [5.74, 6) is 0. The molecule has 19 heavy (non-hydrogen) atoms. The fourth-order valence-electron chi connectivity index (χ4n) is 2.10. The van der Waals surface area contributed by atoms with Crippen LogP contribution in [-0.2, 0) is 11.2 Å². The molecule has 0 spiro atoms. The van der Waals surface area contributed by atoms with Gasteiger partial charge in [-0.25, -0.2) is 10.2 Å². The van der Waals surface area contributed by atoms with E-state index in [4.69, 9.17) is 1.41 Å². The number of hydrogen-bond acceptors (Lipinski definition) is 3. The van der Waals surface area contributed by atoms with Crippen LogP contribution in [0.2, 0.25) is 1.41 Å². The molecule has 1 amide bonds. The normalized spacial score (nSPS) is 13.0. The first-order valence-electron chi connectivity index (χ1n) is 6.29. The second-order valence-electron chi connectivity index (χ2n) is 4.29. The van der Waals surface area contributed by atoms with Crippen molar-refractivity contribution in [2.75, 3.05) is 0 Å². The second-order valence-corrected chi connectivity index (χ2v) is 4.29. The number of carboxylic acid groups (broad SMARTS) is 1. The Hall–Kier alpha value is -2.34. The molecule has 0 aliphatic heterocycles. The summed E-state index contributed by atoms with van der Waals surface area (Å²) in [7, 11) is 0. The van der Waals surface area contributed by atoms with Gasteiger partial charge in [-0.05, 0) is 25.0 Å². The third-order valence-electron chi connectivity index (χ3n) is 2.87. The Labute approximate surface area is 111 Å². The van der Waals surface area contributed by atoms with Gasteiger partial charge in [0, 0.05) is 17.6 Å². The molecule has 1 aromatic heterocycles. The van der Waals surface area contributed by atoms with E-state index in [9.17, 15) is 14.7 Å². The molecule has 0 saturated carbocycles. The van der Waals surface area contributed by atoms with Gasteiger partial charge >= 0.3 is 6.09 Å². The van der Waals surface area contributed by atoms with E-state index in [1.807, 2.05) is 19.1 Å². The third-order valence-corrected chi connectivity index (χ3v) is 2.87. The number of rotatable bonds is 5. The highest BCUT2D eigenvalue weighted by atomic mass is 16.4. The average Bonchev–Trinajstić information content (AvgIpc) is 2.78. The van der Waals surface area contributed by atoms with Gasteiger partial charge in [0.25, 0.3) is 0 Å². The Kier molecular flexibility index (Phi) is 3.42. The van der Waals surface area contributed by atoms with Crippen molar-refractivity contribution in [3.05, 3.63) is 36.0 Å². The highest BCUT2D eigenvalue weighted by Gasteiger charge is 2.13. The first-order chi connectivity index (χ1) is 9.52. The lowest BCUT2D eigenvalue weighted by molar-refractivity contribution is -0.110. The van der Waals surface area contributed by atoms with Crippen LogP contribution in [0.3, 0.4) is 0 Å². The second kappa shape index (κ2) is 5.53. The molecule has 1 heterocycles. The van der Waals surface area contributed by atoms with E-state index in [1.54, 1.807) is 18.3 Å². The molecular weight excluding hydrogens is 246 g/mol. The summed E-state index contributed by atoms with van der Waals surface area (Å²) >= 11 is 0. The van der Waals surface area contributed by atoms with Crippen molar-refractivity contribution < 1.29 is 16.1 Å². The third kappa shape index (κ3) is 2.74. The van der Waals surface area contributed by atoms with Crippen molar-refractivity contribution in [2.45, 2.75) is 19.4 Å². The quantitative estimate of drug-likeness (QED) is 0.561. The van der Waals surface area contributed by atoms with Gasteiger partial charge in [-0.1, -0.05) is 18.2 Å². The predicted octanol–water partition coefficient (Wildman–Crippen LogP) is 1.35. The lowest BCUT2D eigenvalue weighted by Crippen LogP contribution is -2.39.